The van der Waals surface area contributed by atoms with Gasteiger partial charge in [0.1, 0.15) is 23.6 Å². The third-order valence-corrected chi connectivity index (χ3v) is 3.68. The highest BCUT2D eigenvalue weighted by Gasteiger charge is 2.09. The Morgan fingerprint density at radius 3 is 2.42 bits per heavy atom. The Kier molecular flexibility index (Phi) is 5.82. The van der Waals surface area contributed by atoms with Crippen molar-refractivity contribution in [3.8, 4) is 5.75 Å². The van der Waals surface area contributed by atoms with Gasteiger partial charge in [0.2, 0.25) is 0 Å². The van der Waals surface area contributed by atoms with Crippen LogP contribution in [0, 0.1) is 0 Å². The van der Waals surface area contributed by atoms with Crippen LogP contribution in [0.2, 0.25) is 0 Å². The van der Waals surface area contributed by atoms with E-state index in [2.05, 4.69) is 32.5 Å². The van der Waals surface area contributed by atoms with Gasteiger partial charge in [0.15, 0.2) is 11.6 Å². The summed E-state index contributed by atoms with van der Waals surface area (Å²) in [6.07, 6.45) is 5.31. The molecule has 26 heavy (non-hydrogen) atoms. The van der Waals surface area contributed by atoms with E-state index in [0.717, 1.165) is 30.9 Å². The van der Waals surface area contributed by atoms with Gasteiger partial charge in [-0.3, -0.25) is 0 Å². The highest BCUT2D eigenvalue weighted by Crippen LogP contribution is 2.28. The zero-order chi connectivity index (χ0) is 18.2. The fraction of sp³-hybridized carbons (Fsp3) is 0.211. The van der Waals surface area contributed by atoms with E-state index in [1.807, 2.05) is 42.5 Å². The third-order valence-electron chi connectivity index (χ3n) is 3.68. The zero-order valence-electron chi connectivity index (χ0n) is 14.6. The van der Waals surface area contributed by atoms with E-state index in [9.17, 15) is 0 Å². The maximum absolute atomic E-state index is 6.19. The molecule has 0 saturated heterocycles. The number of hydrogen-bond acceptors (Lipinski definition) is 7. The van der Waals surface area contributed by atoms with E-state index in [1.165, 1.54) is 6.33 Å². The van der Waals surface area contributed by atoms with Gasteiger partial charge >= 0.3 is 0 Å². The van der Waals surface area contributed by atoms with Gasteiger partial charge in [0, 0.05) is 11.9 Å². The Morgan fingerprint density at radius 1 is 0.962 bits per heavy atom. The first-order valence-corrected chi connectivity index (χ1v) is 8.54. The first kappa shape index (κ1) is 17.5. The minimum absolute atomic E-state index is 0.418. The van der Waals surface area contributed by atoms with Crippen LogP contribution >= 0.6 is 0 Å². The fourth-order valence-electron chi connectivity index (χ4n) is 2.26. The van der Waals surface area contributed by atoms with Crippen molar-refractivity contribution in [2.24, 2.45) is 0 Å². The summed E-state index contributed by atoms with van der Waals surface area (Å²) in [6.45, 7) is 2.87. The maximum Gasteiger partial charge on any atom is 0.160 e. The molecule has 0 aliphatic carbocycles. The van der Waals surface area contributed by atoms with Gasteiger partial charge < -0.3 is 21.1 Å². The normalized spacial score (nSPS) is 10.3. The number of nitrogens with two attached hydrogens (primary N) is 1. The largest absolute Gasteiger partial charge is 0.494 e. The van der Waals surface area contributed by atoms with Crippen LogP contribution in [0.15, 0.2) is 55.0 Å². The van der Waals surface area contributed by atoms with Crippen molar-refractivity contribution in [2.75, 3.05) is 23.0 Å². The first-order chi connectivity index (χ1) is 12.8. The van der Waals surface area contributed by atoms with Gasteiger partial charge in [-0.2, -0.15) is 0 Å². The number of hydrogen-bond donors (Lipinski definition) is 3. The molecule has 0 amide bonds. The lowest BCUT2D eigenvalue weighted by molar-refractivity contribution is 0.309. The number of benzene rings is 1. The minimum Gasteiger partial charge on any atom is -0.494 e. The topological polar surface area (TPSA) is 98.0 Å². The molecule has 4 N–H and O–H groups in total. The number of nitrogens with one attached hydrogen (secondary N) is 2. The van der Waals surface area contributed by atoms with Gasteiger partial charge in [-0.15, -0.1) is 0 Å². The van der Waals surface area contributed by atoms with E-state index in [-0.39, 0.29) is 0 Å². The summed E-state index contributed by atoms with van der Waals surface area (Å²) in [5, 5.41) is 6.29. The quantitative estimate of drug-likeness (QED) is 0.526. The molecule has 2 heterocycles. The van der Waals surface area contributed by atoms with Crippen molar-refractivity contribution in [3.63, 3.8) is 0 Å². The Hall–Kier alpha value is -3.35. The van der Waals surface area contributed by atoms with Gasteiger partial charge in [0.25, 0.3) is 0 Å². The molecule has 0 spiro atoms. The highest BCUT2D eigenvalue weighted by atomic mass is 16.5. The van der Waals surface area contributed by atoms with Crippen LogP contribution < -0.4 is 21.1 Å². The SMILES string of the molecule is CCCCOc1ccc(Nc2ncnc(Nc3ccccn3)c2N)cc1. The molecule has 7 heteroatoms. The van der Waals surface area contributed by atoms with Crippen molar-refractivity contribution >= 4 is 28.8 Å². The molecule has 0 aliphatic heterocycles. The fourth-order valence-corrected chi connectivity index (χ4v) is 2.26. The van der Waals surface area contributed by atoms with Gasteiger partial charge in [-0.25, -0.2) is 15.0 Å². The molecule has 0 aliphatic rings. The summed E-state index contributed by atoms with van der Waals surface area (Å²) in [5.74, 6) is 2.54. The highest BCUT2D eigenvalue weighted by molar-refractivity contribution is 5.79. The lowest BCUT2D eigenvalue weighted by Crippen LogP contribution is -2.05. The second kappa shape index (κ2) is 8.66. The summed E-state index contributed by atoms with van der Waals surface area (Å²) >= 11 is 0. The molecule has 2 aromatic heterocycles. The molecule has 0 fully saturated rings. The molecule has 0 saturated carbocycles. The number of ether oxygens (including phenoxy) is 1. The van der Waals surface area contributed by atoms with Crippen molar-refractivity contribution in [3.05, 3.63) is 55.0 Å². The second-order valence-corrected chi connectivity index (χ2v) is 5.68. The summed E-state index contributed by atoms with van der Waals surface area (Å²) in [6, 6.07) is 13.3. The Morgan fingerprint density at radius 2 is 1.73 bits per heavy atom. The van der Waals surface area contributed by atoms with E-state index >= 15 is 0 Å². The Bertz CT molecular complexity index is 823. The van der Waals surface area contributed by atoms with Gasteiger partial charge in [0.05, 0.1) is 6.61 Å². The average molecular weight is 350 g/mol. The summed E-state index contributed by atoms with van der Waals surface area (Å²) in [5.41, 5.74) is 7.47. The molecular formula is C19H22N6O. The number of aromatic nitrogens is 3. The van der Waals surface area contributed by atoms with Crippen molar-refractivity contribution < 1.29 is 4.74 Å². The van der Waals surface area contributed by atoms with Crippen LogP contribution in [0.1, 0.15) is 19.8 Å². The first-order valence-electron chi connectivity index (χ1n) is 8.54. The van der Waals surface area contributed by atoms with Crippen LogP contribution in [0.3, 0.4) is 0 Å². The molecule has 3 rings (SSSR count). The number of anilines is 5. The van der Waals surface area contributed by atoms with Crippen molar-refractivity contribution in [2.45, 2.75) is 19.8 Å². The zero-order valence-corrected chi connectivity index (χ0v) is 14.6. The van der Waals surface area contributed by atoms with E-state index < -0.39 is 0 Å². The van der Waals surface area contributed by atoms with Crippen LogP contribution in [-0.2, 0) is 0 Å². The average Bonchev–Trinajstić information content (AvgIpc) is 2.67. The standard InChI is InChI=1S/C19H22N6O/c1-2-3-12-26-15-9-7-14(8-10-15)24-18-17(20)19(23-13-22-18)25-16-6-4-5-11-21-16/h4-11,13H,2-3,12,20H2,1H3,(H2,21,22,23,24,25). The smallest absolute Gasteiger partial charge is 0.160 e. The van der Waals surface area contributed by atoms with Crippen molar-refractivity contribution in [1.82, 2.24) is 15.0 Å². The monoisotopic (exact) mass is 350 g/mol. The van der Waals surface area contributed by atoms with E-state index in [4.69, 9.17) is 10.5 Å². The molecule has 0 unspecified atom stereocenters. The number of unbranched alkanes of at least 4 members (excludes halogenated alkanes) is 1. The molecule has 0 bridgehead atoms. The summed E-state index contributed by atoms with van der Waals surface area (Å²) in [7, 11) is 0. The van der Waals surface area contributed by atoms with E-state index in [0.29, 0.717) is 23.1 Å². The predicted molar refractivity (Wildman–Crippen MR) is 104 cm³/mol. The van der Waals surface area contributed by atoms with Crippen LogP contribution in [0.25, 0.3) is 0 Å². The number of nitrogen functional groups attached to an aromatic ring is 1. The van der Waals surface area contributed by atoms with Crippen LogP contribution in [0.5, 0.6) is 5.75 Å². The third kappa shape index (κ3) is 4.60. The van der Waals surface area contributed by atoms with E-state index in [1.54, 1.807) is 6.20 Å². The molecule has 7 nitrogen and oxygen atoms in total. The maximum atomic E-state index is 6.19. The summed E-state index contributed by atoms with van der Waals surface area (Å²) in [4.78, 5) is 12.6. The summed E-state index contributed by atoms with van der Waals surface area (Å²) < 4.78 is 5.67. The Balaban J connectivity index is 1.69. The molecule has 0 atom stereocenters. The molecule has 134 valence electrons. The van der Waals surface area contributed by atoms with Gasteiger partial charge in [-0.05, 0) is 42.8 Å². The van der Waals surface area contributed by atoms with Crippen LogP contribution in [-0.4, -0.2) is 21.6 Å². The second-order valence-electron chi connectivity index (χ2n) is 5.68. The number of rotatable bonds is 8. The van der Waals surface area contributed by atoms with Crippen LogP contribution in [0.4, 0.5) is 28.8 Å². The van der Waals surface area contributed by atoms with Crippen molar-refractivity contribution in [1.29, 1.82) is 0 Å². The molecule has 3 aromatic rings. The Labute approximate surface area is 152 Å². The lowest BCUT2D eigenvalue weighted by atomic mass is 10.3. The number of pyridine rings is 1. The molecule has 1 aromatic carbocycles. The van der Waals surface area contributed by atoms with Gasteiger partial charge in [-0.1, -0.05) is 19.4 Å². The minimum atomic E-state index is 0.418. The molecule has 0 radical (unpaired) electrons. The number of nitrogens with zero attached hydrogens (tertiary/aromatic N) is 3. The predicted octanol–water partition coefficient (Wildman–Crippen LogP) is 4.12. The lowest BCUT2D eigenvalue weighted by Gasteiger charge is -2.12. The molecular weight excluding hydrogens is 328 g/mol.